The highest BCUT2D eigenvalue weighted by Gasteiger charge is 2.12. The third-order valence-corrected chi connectivity index (χ3v) is 3.51. The summed E-state index contributed by atoms with van der Waals surface area (Å²) >= 11 is 0. The summed E-state index contributed by atoms with van der Waals surface area (Å²) in [6, 6.07) is 11.1. The fourth-order valence-electron chi connectivity index (χ4n) is 2.45. The van der Waals surface area contributed by atoms with Gasteiger partial charge in [-0.05, 0) is 51.1 Å². The molecule has 0 spiro atoms. The van der Waals surface area contributed by atoms with Crippen molar-refractivity contribution in [2.75, 3.05) is 0 Å². The highest BCUT2D eigenvalue weighted by atomic mass is 16.2. The first-order valence-corrected chi connectivity index (χ1v) is 7.69. The zero-order valence-electron chi connectivity index (χ0n) is 13.5. The van der Waals surface area contributed by atoms with Crippen molar-refractivity contribution in [2.24, 2.45) is 4.99 Å². The van der Waals surface area contributed by atoms with Crippen molar-refractivity contribution in [3.8, 4) is 0 Å². The second-order valence-corrected chi connectivity index (χ2v) is 5.57. The van der Waals surface area contributed by atoms with E-state index in [0.29, 0.717) is 11.1 Å². The van der Waals surface area contributed by atoms with E-state index in [0.717, 1.165) is 17.6 Å². The van der Waals surface area contributed by atoms with Crippen molar-refractivity contribution >= 4 is 16.9 Å². The summed E-state index contributed by atoms with van der Waals surface area (Å²) in [4.78, 5) is 17.3. The first-order valence-electron chi connectivity index (χ1n) is 7.69. The van der Waals surface area contributed by atoms with Crippen molar-refractivity contribution in [1.82, 2.24) is 19.6 Å². The van der Waals surface area contributed by atoms with E-state index in [9.17, 15) is 4.79 Å². The van der Waals surface area contributed by atoms with Gasteiger partial charge in [0.25, 0.3) is 5.91 Å². The van der Waals surface area contributed by atoms with Gasteiger partial charge in [0.05, 0.1) is 5.52 Å². The molecule has 2 heterocycles. The molecule has 0 unspecified atom stereocenters. The van der Waals surface area contributed by atoms with E-state index in [4.69, 9.17) is 0 Å². The standard InChI is InChI=1S/C17H19N5O/c1-4-22-15-9-8-13(11-14(15)19-20-22)17(23)21-10-6-5-7-16(21)18-12(2)3/h5-12H,4H2,1-3H3. The largest absolute Gasteiger partial charge is 0.268 e. The van der Waals surface area contributed by atoms with Crippen LogP contribution in [0.1, 0.15) is 31.1 Å². The van der Waals surface area contributed by atoms with Gasteiger partial charge in [-0.2, -0.15) is 0 Å². The topological polar surface area (TPSA) is 65.1 Å². The Morgan fingerprint density at radius 1 is 1.26 bits per heavy atom. The van der Waals surface area contributed by atoms with E-state index in [2.05, 4.69) is 15.3 Å². The molecule has 0 atom stereocenters. The van der Waals surface area contributed by atoms with Gasteiger partial charge >= 0.3 is 0 Å². The average molecular weight is 309 g/mol. The highest BCUT2D eigenvalue weighted by molar-refractivity contribution is 5.98. The molecule has 3 aromatic rings. The Labute approximate surface area is 134 Å². The summed E-state index contributed by atoms with van der Waals surface area (Å²) in [6.07, 6.45) is 1.73. The highest BCUT2D eigenvalue weighted by Crippen LogP contribution is 2.14. The number of aromatic nitrogens is 4. The van der Waals surface area contributed by atoms with E-state index in [1.807, 2.05) is 45.0 Å². The molecule has 0 aliphatic heterocycles. The van der Waals surface area contributed by atoms with Crippen LogP contribution in [0.5, 0.6) is 0 Å². The Hall–Kier alpha value is -2.76. The van der Waals surface area contributed by atoms with Gasteiger partial charge in [0, 0.05) is 24.3 Å². The molecule has 6 nitrogen and oxygen atoms in total. The van der Waals surface area contributed by atoms with E-state index in [1.54, 1.807) is 27.6 Å². The molecule has 3 rings (SSSR count). The molecular formula is C17H19N5O. The van der Waals surface area contributed by atoms with Gasteiger partial charge in [-0.1, -0.05) is 11.3 Å². The summed E-state index contributed by atoms with van der Waals surface area (Å²) in [7, 11) is 0. The number of carbonyl (C=O) groups excluding carboxylic acids is 1. The van der Waals surface area contributed by atoms with Crippen molar-refractivity contribution in [3.05, 3.63) is 53.6 Å². The van der Waals surface area contributed by atoms with Gasteiger partial charge in [-0.15, -0.1) is 5.10 Å². The fraction of sp³-hybridized carbons (Fsp3) is 0.294. The summed E-state index contributed by atoms with van der Waals surface area (Å²) < 4.78 is 3.37. The van der Waals surface area contributed by atoms with E-state index in [-0.39, 0.29) is 11.9 Å². The van der Waals surface area contributed by atoms with Crippen LogP contribution in [0.2, 0.25) is 0 Å². The third kappa shape index (κ3) is 2.92. The lowest BCUT2D eigenvalue weighted by molar-refractivity contribution is 0.0954. The molecule has 6 heteroatoms. The maximum absolute atomic E-state index is 12.8. The van der Waals surface area contributed by atoms with Crippen LogP contribution in [0, 0.1) is 0 Å². The van der Waals surface area contributed by atoms with Crippen LogP contribution < -0.4 is 5.49 Å². The lowest BCUT2D eigenvalue weighted by Gasteiger charge is -2.07. The fourth-order valence-corrected chi connectivity index (χ4v) is 2.45. The van der Waals surface area contributed by atoms with Gasteiger partial charge in [0.2, 0.25) is 0 Å². The number of fused-ring (bicyclic) bond motifs is 1. The predicted octanol–water partition coefficient (Wildman–Crippen LogP) is 2.25. The Morgan fingerprint density at radius 2 is 2.09 bits per heavy atom. The molecule has 0 aliphatic rings. The number of hydrogen-bond donors (Lipinski definition) is 0. The summed E-state index contributed by atoms with van der Waals surface area (Å²) in [5.74, 6) is -0.127. The molecule has 0 N–H and O–H groups in total. The number of pyridine rings is 1. The Balaban J connectivity index is 2.08. The molecule has 118 valence electrons. The second kappa shape index (κ2) is 6.16. The minimum Gasteiger partial charge on any atom is -0.268 e. The molecule has 2 aromatic heterocycles. The minimum absolute atomic E-state index is 0.114. The zero-order valence-corrected chi connectivity index (χ0v) is 13.5. The number of carbonyl (C=O) groups is 1. The smallest absolute Gasteiger partial charge is 0.263 e. The molecule has 0 amide bonds. The molecule has 0 bridgehead atoms. The molecule has 0 saturated carbocycles. The number of nitrogens with zero attached hydrogens (tertiary/aromatic N) is 5. The Morgan fingerprint density at radius 3 is 2.83 bits per heavy atom. The van der Waals surface area contributed by atoms with Crippen LogP contribution in [-0.2, 0) is 6.54 Å². The molecule has 0 aliphatic carbocycles. The number of rotatable bonds is 3. The first-order chi connectivity index (χ1) is 11.1. The zero-order chi connectivity index (χ0) is 16.4. The first kappa shape index (κ1) is 15.1. The SMILES string of the molecule is CCn1nnc2cc(C(=O)n3ccccc3=NC(C)C)ccc21. The predicted molar refractivity (Wildman–Crippen MR) is 88.1 cm³/mol. The third-order valence-electron chi connectivity index (χ3n) is 3.51. The van der Waals surface area contributed by atoms with Crippen molar-refractivity contribution in [3.63, 3.8) is 0 Å². The van der Waals surface area contributed by atoms with Gasteiger partial charge in [0.15, 0.2) is 0 Å². The molecule has 0 radical (unpaired) electrons. The average Bonchev–Trinajstić information content (AvgIpc) is 2.96. The molecule has 0 fully saturated rings. The van der Waals surface area contributed by atoms with Crippen LogP contribution in [-0.4, -0.2) is 31.5 Å². The summed E-state index contributed by atoms with van der Waals surface area (Å²) in [6.45, 7) is 6.72. The van der Waals surface area contributed by atoms with Gasteiger partial charge in [-0.3, -0.25) is 14.4 Å². The van der Waals surface area contributed by atoms with Crippen LogP contribution in [0.25, 0.3) is 11.0 Å². The normalized spacial score (nSPS) is 12.3. The van der Waals surface area contributed by atoms with Crippen LogP contribution in [0.15, 0.2) is 47.6 Å². The van der Waals surface area contributed by atoms with Gasteiger partial charge in [0.1, 0.15) is 11.0 Å². The van der Waals surface area contributed by atoms with Gasteiger partial charge in [-0.25, -0.2) is 4.68 Å². The van der Waals surface area contributed by atoms with Crippen LogP contribution in [0.3, 0.4) is 0 Å². The molecular weight excluding hydrogens is 290 g/mol. The maximum Gasteiger partial charge on any atom is 0.263 e. The monoisotopic (exact) mass is 309 g/mol. The number of hydrogen-bond acceptors (Lipinski definition) is 4. The van der Waals surface area contributed by atoms with Crippen LogP contribution in [0.4, 0.5) is 0 Å². The lowest BCUT2D eigenvalue weighted by atomic mass is 10.2. The van der Waals surface area contributed by atoms with E-state index < -0.39 is 0 Å². The Kier molecular flexibility index (Phi) is 4.06. The van der Waals surface area contributed by atoms with Gasteiger partial charge < -0.3 is 0 Å². The minimum atomic E-state index is -0.127. The van der Waals surface area contributed by atoms with Crippen molar-refractivity contribution in [1.29, 1.82) is 0 Å². The summed E-state index contributed by atoms with van der Waals surface area (Å²) in [5, 5.41) is 8.20. The molecule has 1 aromatic carbocycles. The number of benzene rings is 1. The maximum atomic E-state index is 12.8. The van der Waals surface area contributed by atoms with Crippen molar-refractivity contribution < 1.29 is 4.79 Å². The van der Waals surface area contributed by atoms with Crippen LogP contribution >= 0.6 is 0 Å². The second-order valence-electron chi connectivity index (χ2n) is 5.57. The number of aryl methyl sites for hydroxylation is 1. The quantitative estimate of drug-likeness (QED) is 0.745. The summed E-state index contributed by atoms with van der Waals surface area (Å²) in [5.41, 5.74) is 2.85. The lowest BCUT2D eigenvalue weighted by Crippen LogP contribution is -2.28. The van der Waals surface area contributed by atoms with Crippen molar-refractivity contribution in [2.45, 2.75) is 33.4 Å². The Bertz CT molecular complexity index is 920. The molecule has 0 saturated heterocycles. The van der Waals surface area contributed by atoms with E-state index in [1.165, 1.54) is 0 Å². The van der Waals surface area contributed by atoms with E-state index >= 15 is 0 Å². The molecule has 23 heavy (non-hydrogen) atoms.